The Balaban J connectivity index is 1.84. The molecule has 0 amide bonds. The zero-order chi connectivity index (χ0) is 23.8. The van der Waals surface area contributed by atoms with Crippen molar-refractivity contribution in [2.45, 2.75) is 38.2 Å². The van der Waals surface area contributed by atoms with Crippen LogP contribution in [0.4, 0.5) is 11.4 Å². The Bertz CT molecular complexity index is 934. The van der Waals surface area contributed by atoms with Gasteiger partial charge in [0.15, 0.2) is 0 Å². The van der Waals surface area contributed by atoms with Gasteiger partial charge in [0.2, 0.25) is 0 Å². The number of hydrogen-bond donors (Lipinski definition) is 4. The molecule has 5 N–H and O–H groups in total. The number of nitrogens with zero attached hydrogens (tertiary/aromatic N) is 1. The third-order valence-electron chi connectivity index (χ3n) is 5.49. The number of hydrogen-bond acceptors (Lipinski definition) is 6. The third-order valence-corrected chi connectivity index (χ3v) is 6.11. The normalized spacial score (nSPS) is 14.0. The van der Waals surface area contributed by atoms with Gasteiger partial charge < -0.3 is 21.3 Å². The van der Waals surface area contributed by atoms with E-state index < -0.39 is 28.8 Å². The molecule has 32 heavy (non-hydrogen) atoms. The molecule has 10 heteroatoms. The predicted molar refractivity (Wildman–Crippen MR) is 125 cm³/mol. The van der Waals surface area contributed by atoms with Crippen molar-refractivity contribution < 1.29 is 19.9 Å². The minimum absolute atomic E-state index is 0.0650. The lowest BCUT2D eigenvalue weighted by atomic mass is 9.83. The monoisotopic (exact) mass is 483 g/mol. The minimum Gasteiger partial charge on any atom is -0.481 e. The fourth-order valence-electron chi connectivity index (χ4n) is 3.61. The molecule has 0 aliphatic heterocycles. The molecule has 0 aliphatic carbocycles. The number of rotatable bonds is 12. The van der Waals surface area contributed by atoms with Gasteiger partial charge >= 0.3 is 5.97 Å². The molecule has 0 heterocycles. The van der Waals surface area contributed by atoms with E-state index in [0.29, 0.717) is 36.9 Å². The van der Waals surface area contributed by atoms with E-state index >= 15 is 0 Å². The molecule has 0 saturated heterocycles. The van der Waals surface area contributed by atoms with Gasteiger partial charge in [-0.25, -0.2) is 0 Å². The van der Waals surface area contributed by atoms with Crippen LogP contribution in [0.15, 0.2) is 36.4 Å². The molecule has 0 fully saturated rings. The maximum atomic E-state index is 11.8. The van der Waals surface area contributed by atoms with E-state index in [0.717, 1.165) is 0 Å². The van der Waals surface area contributed by atoms with Crippen molar-refractivity contribution in [3.05, 3.63) is 67.7 Å². The van der Waals surface area contributed by atoms with Crippen molar-refractivity contribution in [2.75, 3.05) is 18.8 Å². The van der Waals surface area contributed by atoms with Crippen molar-refractivity contribution >= 4 is 40.5 Å². The van der Waals surface area contributed by atoms with Crippen LogP contribution in [0.25, 0.3) is 0 Å². The summed E-state index contributed by atoms with van der Waals surface area (Å²) in [6.07, 6.45) is 0.861. The van der Waals surface area contributed by atoms with Crippen LogP contribution in [0.3, 0.4) is 0 Å². The molecule has 2 aromatic carbocycles. The van der Waals surface area contributed by atoms with E-state index in [1.54, 1.807) is 37.3 Å². The number of nitrogens with one attached hydrogen (secondary N) is 1. The Hall–Kier alpha value is -2.39. The number of nitrogen functional groups attached to an aromatic ring is 1. The molecule has 3 atom stereocenters. The average molecular weight is 484 g/mol. The first-order valence-electron chi connectivity index (χ1n) is 10.2. The molecule has 3 unspecified atom stereocenters. The van der Waals surface area contributed by atoms with Gasteiger partial charge in [-0.3, -0.25) is 14.9 Å². The Morgan fingerprint density at radius 3 is 2.44 bits per heavy atom. The lowest BCUT2D eigenvalue weighted by molar-refractivity contribution is -0.385. The van der Waals surface area contributed by atoms with Gasteiger partial charge in [0.1, 0.15) is 0 Å². The molecule has 8 nitrogen and oxygen atoms in total. The number of nitro groups is 1. The Morgan fingerprint density at radius 1 is 1.22 bits per heavy atom. The zero-order valence-electron chi connectivity index (χ0n) is 17.6. The molecule has 2 rings (SSSR count). The largest absolute Gasteiger partial charge is 0.481 e. The number of aliphatic hydroxyl groups is 1. The Morgan fingerprint density at radius 2 is 1.84 bits per heavy atom. The second kappa shape index (κ2) is 12.0. The van der Waals surface area contributed by atoms with Crippen LogP contribution in [0.5, 0.6) is 0 Å². The summed E-state index contributed by atoms with van der Waals surface area (Å²) in [5.41, 5.74) is 6.87. The van der Waals surface area contributed by atoms with Gasteiger partial charge in [-0.05, 0) is 37.1 Å². The van der Waals surface area contributed by atoms with Crippen molar-refractivity contribution in [3.8, 4) is 0 Å². The molecule has 0 bridgehead atoms. The van der Waals surface area contributed by atoms with Crippen molar-refractivity contribution in [1.82, 2.24) is 5.32 Å². The highest BCUT2D eigenvalue weighted by Gasteiger charge is 2.29. The highest BCUT2D eigenvalue weighted by molar-refractivity contribution is 6.38. The molecular formula is C22H27Cl2N3O5. The van der Waals surface area contributed by atoms with Gasteiger partial charge in [-0.15, -0.1) is 0 Å². The second-order valence-corrected chi connectivity index (χ2v) is 8.48. The van der Waals surface area contributed by atoms with E-state index in [-0.39, 0.29) is 28.0 Å². The number of unbranched alkanes of at least 4 members (excludes halogenated alkanes) is 1. The maximum Gasteiger partial charge on any atom is 0.307 e. The van der Waals surface area contributed by atoms with E-state index in [4.69, 9.17) is 28.9 Å². The number of carboxylic acids is 1. The van der Waals surface area contributed by atoms with E-state index in [2.05, 4.69) is 5.32 Å². The number of nitro benzene ring substituents is 1. The number of aliphatic carboxylic acids is 1. The van der Waals surface area contributed by atoms with E-state index in [9.17, 15) is 25.1 Å². The van der Waals surface area contributed by atoms with Crippen LogP contribution < -0.4 is 11.1 Å². The summed E-state index contributed by atoms with van der Waals surface area (Å²) in [5, 5.41) is 34.9. The first-order chi connectivity index (χ1) is 15.1. The third kappa shape index (κ3) is 6.80. The quantitative estimate of drug-likeness (QED) is 0.147. The number of nitrogens with two attached hydrogens (primary N) is 1. The summed E-state index contributed by atoms with van der Waals surface area (Å²) in [6, 6.07) is 9.37. The molecule has 174 valence electrons. The average Bonchev–Trinajstić information content (AvgIpc) is 2.75. The first-order valence-corrected chi connectivity index (χ1v) is 11.0. The van der Waals surface area contributed by atoms with Gasteiger partial charge in [0, 0.05) is 24.1 Å². The molecule has 0 aromatic heterocycles. The van der Waals surface area contributed by atoms with Gasteiger partial charge in [0.25, 0.3) is 5.69 Å². The molecule has 0 spiro atoms. The maximum absolute atomic E-state index is 11.8. The molecule has 2 aromatic rings. The number of anilines is 1. The smallest absolute Gasteiger partial charge is 0.307 e. The standard InChI is InChI=1S/C22H27Cl2N3O5/c1-13(15-6-2-3-8-19(15)27(31)32)16(22(29)30)7-4-5-9-26-12-20(28)14-10-17(23)21(25)18(24)11-14/h2-3,6,8,10-11,13,16,20,26,28H,4-5,7,9,12,25H2,1H3,(H,29,30). The molecular weight excluding hydrogens is 457 g/mol. The van der Waals surface area contributed by atoms with Gasteiger partial charge in [-0.2, -0.15) is 0 Å². The van der Waals surface area contributed by atoms with Crippen LogP contribution >= 0.6 is 23.2 Å². The summed E-state index contributed by atoms with van der Waals surface area (Å²) in [7, 11) is 0. The SMILES string of the molecule is CC(c1ccccc1[N+](=O)[O-])C(CCCCNCC(O)c1cc(Cl)c(N)c(Cl)c1)C(=O)O. The lowest BCUT2D eigenvalue weighted by Gasteiger charge is -2.20. The molecule has 0 saturated carbocycles. The summed E-state index contributed by atoms with van der Waals surface area (Å²) in [5.74, 6) is -2.21. The van der Waals surface area contributed by atoms with Crippen LogP contribution in [0.2, 0.25) is 10.0 Å². The Kier molecular flexibility index (Phi) is 9.71. The zero-order valence-corrected chi connectivity index (χ0v) is 19.1. The number of para-hydroxylation sites is 1. The Labute approximate surface area is 196 Å². The van der Waals surface area contributed by atoms with Crippen molar-refractivity contribution in [2.24, 2.45) is 5.92 Å². The fourth-order valence-corrected chi connectivity index (χ4v) is 4.11. The highest BCUT2D eigenvalue weighted by Crippen LogP contribution is 2.34. The summed E-state index contributed by atoms with van der Waals surface area (Å²) >= 11 is 12.0. The number of carboxylic acid groups (broad SMARTS) is 1. The first kappa shape index (κ1) is 25.9. The minimum atomic E-state index is -0.976. The van der Waals surface area contributed by atoms with E-state index in [1.165, 1.54) is 6.07 Å². The summed E-state index contributed by atoms with van der Waals surface area (Å²) < 4.78 is 0. The molecule has 0 aliphatic rings. The highest BCUT2D eigenvalue weighted by atomic mass is 35.5. The predicted octanol–water partition coefficient (Wildman–Crippen LogP) is 4.78. The number of carbonyl (C=O) groups is 1. The number of aliphatic hydroxyl groups excluding tert-OH is 1. The second-order valence-electron chi connectivity index (χ2n) is 7.66. The van der Waals surface area contributed by atoms with E-state index in [1.807, 2.05) is 0 Å². The van der Waals surface area contributed by atoms with Crippen LogP contribution in [-0.2, 0) is 4.79 Å². The topological polar surface area (TPSA) is 139 Å². The number of halogens is 2. The van der Waals surface area contributed by atoms with Crippen LogP contribution in [-0.4, -0.2) is 34.2 Å². The molecule has 0 radical (unpaired) electrons. The van der Waals surface area contributed by atoms with Gasteiger partial charge in [0.05, 0.1) is 32.7 Å². The fraction of sp³-hybridized carbons (Fsp3) is 0.409. The van der Waals surface area contributed by atoms with Crippen molar-refractivity contribution in [1.29, 1.82) is 0 Å². The van der Waals surface area contributed by atoms with Crippen molar-refractivity contribution in [3.63, 3.8) is 0 Å². The van der Waals surface area contributed by atoms with Crippen LogP contribution in [0.1, 0.15) is 49.3 Å². The number of benzene rings is 2. The lowest BCUT2D eigenvalue weighted by Crippen LogP contribution is -2.24. The van der Waals surface area contributed by atoms with Crippen LogP contribution in [0, 0.1) is 16.0 Å². The summed E-state index contributed by atoms with van der Waals surface area (Å²) in [4.78, 5) is 22.6. The summed E-state index contributed by atoms with van der Waals surface area (Å²) in [6.45, 7) is 2.55. The van der Waals surface area contributed by atoms with Gasteiger partial charge in [-0.1, -0.05) is 54.7 Å².